The molecular weight excluding hydrogens is 494 g/mol. The van der Waals surface area contributed by atoms with Gasteiger partial charge in [0.1, 0.15) is 11.4 Å². The molecule has 190 valence electrons. The summed E-state index contributed by atoms with van der Waals surface area (Å²) in [5.74, 6) is 3.46. The summed E-state index contributed by atoms with van der Waals surface area (Å²) in [6.45, 7) is 7.97. The van der Waals surface area contributed by atoms with Gasteiger partial charge in [0.05, 0.1) is 11.4 Å². The highest BCUT2D eigenvalue weighted by Gasteiger charge is 2.38. The van der Waals surface area contributed by atoms with E-state index in [1.54, 1.807) is 12.2 Å². The van der Waals surface area contributed by atoms with Crippen LogP contribution in [-0.2, 0) is 0 Å². The third kappa shape index (κ3) is 3.20. The van der Waals surface area contributed by atoms with Crippen molar-refractivity contribution in [1.29, 1.82) is 0 Å². The zero-order valence-electron chi connectivity index (χ0n) is 21.6. The highest BCUT2D eigenvalue weighted by atomic mass is 16.5. The van der Waals surface area contributed by atoms with E-state index >= 15 is 0 Å². The molecule has 4 heteroatoms. The van der Waals surface area contributed by atoms with Gasteiger partial charge in [0.15, 0.2) is 28.6 Å². The lowest BCUT2D eigenvalue weighted by Gasteiger charge is -2.38. The van der Waals surface area contributed by atoms with Crippen LogP contribution in [0.15, 0.2) is 121 Å². The molecule has 0 aliphatic carbocycles. The Labute approximate surface area is 231 Å². The fourth-order valence-corrected chi connectivity index (χ4v) is 5.73. The molecule has 0 N–H and O–H groups in total. The summed E-state index contributed by atoms with van der Waals surface area (Å²) in [4.78, 5) is 2.22. The second kappa shape index (κ2) is 8.52. The molecule has 0 atom stereocenters. The second-order valence-corrected chi connectivity index (χ2v) is 9.85. The number of anilines is 3. The minimum Gasteiger partial charge on any atom is -0.453 e. The summed E-state index contributed by atoms with van der Waals surface area (Å²) in [5, 5.41) is 0.865. The fourth-order valence-electron chi connectivity index (χ4n) is 5.73. The van der Waals surface area contributed by atoms with Gasteiger partial charge in [-0.2, -0.15) is 0 Å². The first kappa shape index (κ1) is 22.5. The maximum absolute atomic E-state index is 6.68. The summed E-state index contributed by atoms with van der Waals surface area (Å²) < 4.78 is 19.6. The minimum absolute atomic E-state index is 0.610. The van der Waals surface area contributed by atoms with Crippen molar-refractivity contribution in [2.45, 2.75) is 0 Å². The van der Waals surface area contributed by atoms with Crippen molar-refractivity contribution in [2.75, 3.05) is 4.90 Å². The van der Waals surface area contributed by atoms with Gasteiger partial charge in [0.2, 0.25) is 0 Å². The Morgan fingerprint density at radius 1 is 0.575 bits per heavy atom. The molecule has 40 heavy (non-hydrogen) atoms. The number of fused-ring (bicyclic) bond motifs is 6. The van der Waals surface area contributed by atoms with E-state index in [-0.39, 0.29) is 0 Å². The van der Waals surface area contributed by atoms with Gasteiger partial charge in [-0.1, -0.05) is 92.0 Å². The number of ether oxygens (including phenoxy) is 2. The molecule has 0 bridgehead atoms. The van der Waals surface area contributed by atoms with Gasteiger partial charge in [-0.05, 0) is 58.7 Å². The maximum Gasteiger partial charge on any atom is 0.198 e. The normalized spacial score (nSPS) is 12.6. The topological polar surface area (TPSA) is 34.8 Å². The Bertz CT molecular complexity index is 1980. The predicted molar refractivity (Wildman–Crippen MR) is 162 cm³/mol. The molecule has 0 fully saturated rings. The molecule has 5 aromatic carbocycles. The lowest BCUT2D eigenvalue weighted by atomic mass is 9.99. The van der Waals surface area contributed by atoms with Crippen molar-refractivity contribution in [1.82, 2.24) is 0 Å². The molecule has 3 heterocycles. The molecule has 4 nitrogen and oxygen atoms in total. The smallest absolute Gasteiger partial charge is 0.198 e. The van der Waals surface area contributed by atoms with Crippen LogP contribution < -0.4 is 14.4 Å². The Hall–Kier alpha value is -5.48. The SMILES string of the molecule is C=Cc1oc2c3c4c(cc2c1C=C)Oc1cc(-c2ccccc2)ccc1N4c1ccc(-c2ccccc2)cc1O3. The molecule has 0 amide bonds. The Morgan fingerprint density at radius 2 is 1.18 bits per heavy atom. The van der Waals surface area contributed by atoms with Crippen LogP contribution in [0.2, 0.25) is 0 Å². The summed E-state index contributed by atoms with van der Waals surface area (Å²) in [6.07, 6.45) is 3.49. The van der Waals surface area contributed by atoms with E-state index in [9.17, 15) is 0 Å². The summed E-state index contributed by atoms with van der Waals surface area (Å²) in [5.41, 5.74) is 8.58. The quantitative estimate of drug-likeness (QED) is 0.233. The van der Waals surface area contributed by atoms with Crippen molar-refractivity contribution in [3.05, 3.63) is 128 Å². The van der Waals surface area contributed by atoms with E-state index in [0.717, 1.165) is 61.8 Å². The van der Waals surface area contributed by atoms with Gasteiger partial charge in [-0.3, -0.25) is 4.90 Å². The Morgan fingerprint density at radius 3 is 1.75 bits per heavy atom. The van der Waals surface area contributed by atoms with Gasteiger partial charge in [-0.25, -0.2) is 0 Å². The highest BCUT2D eigenvalue weighted by Crippen LogP contribution is 2.62. The second-order valence-electron chi connectivity index (χ2n) is 9.85. The van der Waals surface area contributed by atoms with Gasteiger partial charge in [0.25, 0.3) is 0 Å². The summed E-state index contributed by atoms with van der Waals surface area (Å²) >= 11 is 0. The van der Waals surface area contributed by atoms with E-state index in [0.29, 0.717) is 22.8 Å². The van der Waals surface area contributed by atoms with E-state index in [2.05, 4.69) is 78.7 Å². The largest absolute Gasteiger partial charge is 0.453 e. The predicted octanol–water partition coefficient (Wildman–Crippen LogP) is 10.7. The molecule has 0 saturated carbocycles. The van der Waals surface area contributed by atoms with E-state index in [4.69, 9.17) is 13.9 Å². The molecule has 2 aliphatic heterocycles. The lowest BCUT2D eigenvalue weighted by Crippen LogP contribution is -2.20. The standard InChI is InChI=1S/C36H23NO3/c1-3-26-27-21-33-34-36(35(27)39-30(26)4-2)40-32-20-25(23-13-9-6-10-14-23)16-18-29(32)37(34)28-17-15-24(19-31(28)38-33)22-11-7-5-8-12-22/h3-21H,1-2H2. The molecular formula is C36H23NO3. The molecule has 0 radical (unpaired) electrons. The third-order valence-corrected chi connectivity index (χ3v) is 7.60. The van der Waals surface area contributed by atoms with Crippen LogP contribution in [0.4, 0.5) is 17.1 Å². The van der Waals surface area contributed by atoms with Gasteiger partial charge in [-0.15, -0.1) is 0 Å². The first-order valence-electron chi connectivity index (χ1n) is 13.2. The zero-order valence-corrected chi connectivity index (χ0v) is 21.6. The average Bonchev–Trinajstić information content (AvgIpc) is 3.38. The van der Waals surface area contributed by atoms with Gasteiger partial charge in [0, 0.05) is 10.9 Å². The fraction of sp³-hybridized carbons (Fsp3) is 0. The van der Waals surface area contributed by atoms with E-state index in [1.807, 2.05) is 42.5 Å². The minimum atomic E-state index is 0.610. The molecule has 1 aromatic heterocycles. The number of rotatable bonds is 4. The first-order chi connectivity index (χ1) is 19.7. The molecule has 2 aliphatic rings. The van der Waals surface area contributed by atoms with Crippen molar-refractivity contribution in [3.8, 4) is 45.3 Å². The summed E-state index contributed by atoms with van der Waals surface area (Å²) in [6, 6.07) is 35.3. The molecule has 0 unspecified atom stereocenters. The Balaban J connectivity index is 1.39. The highest BCUT2D eigenvalue weighted by molar-refractivity contribution is 6.05. The number of hydrogen-bond donors (Lipinski definition) is 0. The van der Waals surface area contributed by atoms with Crippen LogP contribution in [0.1, 0.15) is 11.3 Å². The number of hydrogen-bond acceptors (Lipinski definition) is 4. The number of nitrogens with zero attached hydrogens (tertiary/aromatic N) is 1. The van der Waals surface area contributed by atoms with Crippen molar-refractivity contribution >= 4 is 40.2 Å². The van der Waals surface area contributed by atoms with Gasteiger partial charge < -0.3 is 13.9 Å². The van der Waals surface area contributed by atoms with Crippen molar-refractivity contribution in [3.63, 3.8) is 0 Å². The van der Waals surface area contributed by atoms with Crippen LogP contribution in [0.3, 0.4) is 0 Å². The van der Waals surface area contributed by atoms with Crippen LogP contribution in [0, 0.1) is 0 Å². The monoisotopic (exact) mass is 517 g/mol. The van der Waals surface area contributed by atoms with E-state index < -0.39 is 0 Å². The maximum atomic E-state index is 6.68. The summed E-state index contributed by atoms with van der Waals surface area (Å²) in [7, 11) is 0. The number of benzene rings is 5. The molecule has 8 rings (SSSR count). The van der Waals surface area contributed by atoms with E-state index in [1.165, 1.54) is 0 Å². The lowest BCUT2D eigenvalue weighted by molar-refractivity contribution is 0.442. The van der Waals surface area contributed by atoms with Crippen LogP contribution in [0.25, 0.3) is 45.4 Å². The average molecular weight is 518 g/mol. The molecule has 6 aromatic rings. The molecule has 0 spiro atoms. The van der Waals surface area contributed by atoms with Crippen LogP contribution in [-0.4, -0.2) is 0 Å². The van der Waals surface area contributed by atoms with Gasteiger partial charge >= 0.3 is 0 Å². The van der Waals surface area contributed by atoms with Crippen molar-refractivity contribution in [2.24, 2.45) is 0 Å². The van der Waals surface area contributed by atoms with Crippen LogP contribution >= 0.6 is 0 Å². The van der Waals surface area contributed by atoms with Crippen LogP contribution in [0.5, 0.6) is 23.0 Å². The Kier molecular flexibility index (Phi) is 4.79. The zero-order chi connectivity index (χ0) is 26.8. The molecule has 0 saturated heterocycles. The van der Waals surface area contributed by atoms with Crippen molar-refractivity contribution < 1.29 is 13.9 Å². The first-order valence-corrected chi connectivity index (χ1v) is 13.2. The number of furan rings is 1. The third-order valence-electron chi connectivity index (χ3n) is 7.60.